The molecule has 1 aliphatic heterocycles. The molecule has 3 aromatic rings. The predicted molar refractivity (Wildman–Crippen MR) is 86.2 cm³/mol. The van der Waals surface area contributed by atoms with Crippen molar-refractivity contribution in [3.63, 3.8) is 0 Å². The number of aryl methyl sites for hydroxylation is 1. The number of aliphatic hydroxyl groups excluding tert-OH is 1. The Balaban J connectivity index is 1.56. The molecule has 1 saturated heterocycles. The molecule has 7 heteroatoms. The molecule has 4 rings (SSSR count). The zero-order valence-electron chi connectivity index (χ0n) is 12.2. The number of aliphatic hydroxyl groups is 1. The average molecular weight is 315 g/mol. The molecule has 2 N–H and O–H groups in total. The van der Waals surface area contributed by atoms with Gasteiger partial charge in [0.2, 0.25) is 0 Å². The van der Waals surface area contributed by atoms with Crippen LogP contribution in [0.2, 0.25) is 0 Å². The Labute approximate surface area is 131 Å². The van der Waals surface area contributed by atoms with Gasteiger partial charge in [-0.1, -0.05) is 0 Å². The minimum Gasteiger partial charge on any atom is -0.391 e. The minimum atomic E-state index is -0.361. The second-order valence-electron chi connectivity index (χ2n) is 5.82. The van der Waals surface area contributed by atoms with Crippen molar-refractivity contribution in [3.05, 3.63) is 35.2 Å². The molecule has 0 bridgehead atoms. The lowest BCUT2D eigenvalue weighted by molar-refractivity contribution is 0.148. The molecule has 114 valence electrons. The van der Waals surface area contributed by atoms with Gasteiger partial charge >= 0.3 is 0 Å². The second-order valence-corrected chi connectivity index (χ2v) is 6.71. The highest BCUT2D eigenvalue weighted by Gasteiger charge is 2.33. The maximum Gasteiger partial charge on any atom is 0.140 e. The molecule has 0 spiro atoms. The molecule has 1 fully saturated rings. The zero-order chi connectivity index (χ0) is 15.1. The van der Waals surface area contributed by atoms with Gasteiger partial charge in [0.1, 0.15) is 17.0 Å². The molecule has 3 aromatic heterocycles. The van der Waals surface area contributed by atoms with Crippen LogP contribution in [0.5, 0.6) is 0 Å². The number of aromatic amines is 1. The Morgan fingerprint density at radius 2 is 2.32 bits per heavy atom. The van der Waals surface area contributed by atoms with Gasteiger partial charge in [0.05, 0.1) is 17.2 Å². The van der Waals surface area contributed by atoms with Crippen LogP contribution >= 0.6 is 11.3 Å². The summed E-state index contributed by atoms with van der Waals surface area (Å²) in [5.41, 5.74) is 2.06. The van der Waals surface area contributed by atoms with Gasteiger partial charge in [-0.15, -0.1) is 11.3 Å². The van der Waals surface area contributed by atoms with Crippen LogP contribution < -0.4 is 4.90 Å². The van der Waals surface area contributed by atoms with Crippen molar-refractivity contribution in [2.24, 2.45) is 5.92 Å². The highest BCUT2D eigenvalue weighted by molar-refractivity contribution is 7.16. The van der Waals surface area contributed by atoms with E-state index >= 15 is 0 Å². The summed E-state index contributed by atoms with van der Waals surface area (Å²) in [4.78, 5) is 11.9. The van der Waals surface area contributed by atoms with E-state index in [0.717, 1.165) is 40.4 Å². The van der Waals surface area contributed by atoms with E-state index in [1.54, 1.807) is 17.7 Å². The normalized spacial score (nSPS) is 21.8. The minimum absolute atomic E-state index is 0.173. The van der Waals surface area contributed by atoms with Crippen molar-refractivity contribution >= 4 is 27.4 Å². The molecule has 6 nitrogen and oxygen atoms in total. The standard InChI is InChI=1S/C15H17N5OS/c1-9-4-11(19-18-9)5-10-6-20(7-13(10)21)14-12-2-3-22-15(12)17-8-16-14/h2-4,8,10,13,21H,5-7H2,1H3,(H,18,19)/t10-,13+/m1/s1. The lowest BCUT2D eigenvalue weighted by Crippen LogP contribution is -2.22. The van der Waals surface area contributed by atoms with Crippen LogP contribution in [0, 0.1) is 12.8 Å². The van der Waals surface area contributed by atoms with E-state index in [0.29, 0.717) is 6.54 Å². The lowest BCUT2D eigenvalue weighted by atomic mass is 10.0. The first-order valence-electron chi connectivity index (χ1n) is 7.33. The summed E-state index contributed by atoms with van der Waals surface area (Å²) < 4.78 is 0. The number of H-pyrrole nitrogens is 1. The van der Waals surface area contributed by atoms with Crippen molar-refractivity contribution in [3.8, 4) is 0 Å². The number of nitrogens with zero attached hydrogens (tertiary/aromatic N) is 4. The number of aromatic nitrogens is 4. The molecule has 0 aliphatic carbocycles. The molecule has 22 heavy (non-hydrogen) atoms. The molecule has 4 heterocycles. The zero-order valence-corrected chi connectivity index (χ0v) is 13.0. The fraction of sp³-hybridized carbons (Fsp3) is 0.400. The fourth-order valence-electron chi connectivity index (χ4n) is 3.10. The van der Waals surface area contributed by atoms with Crippen LogP contribution in [0.3, 0.4) is 0 Å². The molecule has 1 aliphatic rings. The quantitative estimate of drug-likeness (QED) is 0.770. The van der Waals surface area contributed by atoms with Crippen LogP contribution in [-0.4, -0.2) is 44.5 Å². The second kappa shape index (κ2) is 5.33. The van der Waals surface area contributed by atoms with Gasteiger partial charge in [0.25, 0.3) is 0 Å². The molecule has 0 saturated carbocycles. The van der Waals surface area contributed by atoms with E-state index in [2.05, 4.69) is 25.1 Å². The highest BCUT2D eigenvalue weighted by Crippen LogP contribution is 2.31. The Morgan fingerprint density at radius 3 is 3.14 bits per heavy atom. The third-order valence-electron chi connectivity index (χ3n) is 4.18. The first-order chi connectivity index (χ1) is 10.7. The maximum absolute atomic E-state index is 10.4. The number of nitrogens with one attached hydrogen (secondary N) is 1. The number of anilines is 1. The third kappa shape index (κ3) is 2.36. The topological polar surface area (TPSA) is 77.9 Å². The summed E-state index contributed by atoms with van der Waals surface area (Å²) >= 11 is 1.61. The molecule has 0 aromatic carbocycles. The van der Waals surface area contributed by atoms with Gasteiger partial charge in [-0.3, -0.25) is 5.10 Å². The largest absolute Gasteiger partial charge is 0.391 e. The number of β-amino-alcohol motifs (C(OH)–C–C–N with tert-alkyl or cyclic N) is 1. The van der Waals surface area contributed by atoms with E-state index in [1.807, 2.05) is 24.4 Å². The van der Waals surface area contributed by atoms with E-state index < -0.39 is 0 Å². The van der Waals surface area contributed by atoms with Gasteiger partial charge in [-0.05, 0) is 30.9 Å². The van der Waals surface area contributed by atoms with Crippen molar-refractivity contribution in [2.45, 2.75) is 19.4 Å². The van der Waals surface area contributed by atoms with Crippen molar-refractivity contribution in [1.82, 2.24) is 20.2 Å². The Kier molecular flexibility index (Phi) is 3.31. The third-order valence-corrected chi connectivity index (χ3v) is 5.00. The van der Waals surface area contributed by atoms with Crippen molar-refractivity contribution in [2.75, 3.05) is 18.0 Å². The van der Waals surface area contributed by atoms with Crippen LogP contribution in [0.4, 0.5) is 5.82 Å². The van der Waals surface area contributed by atoms with E-state index in [4.69, 9.17) is 0 Å². The molecular formula is C15H17N5OS. The number of thiophene rings is 1. The summed E-state index contributed by atoms with van der Waals surface area (Å²) in [6, 6.07) is 4.09. The maximum atomic E-state index is 10.4. The van der Waals surface area contributed by atoms with Gasteiger partial charge < -0.3 is 10.0 Å². The van der Waals surface area contributed by atoms with Gasteiger partial charge in [0.15, 0.2) is 0 Å². The summed E-state index contributed by atoms with van der Waals surface area (Å²) in [5.74, 6) is 1.09. The number of rotatable bonds is 3. The van der Waals surface area contributed by atoms with Crippen LogP contribution in [-0.2, 0) is 6.42 Å². The monoisotopic (exact) mass is 315 g/mol. The van der Waals surface area contributed by atoms with E-state index in [-0.39, 0.29) is 12.0 Å². The molecule has 0 unspecified atom stereocenters. The first-order valence-corrected chi connectivity index (χ1v) is 8.21. The number of hydrogen-bond acceptors (Lipinski definition) is 6. The highest BCUT2D eigenvalue weighted by atomic mass is 32.1. The lowest BCUT2D eigenvalue weighted by Gasteiger charge is -2.17. The molecule has 0 radical (unpaired) electrons. The fourth-order valence-corrected chi connectivity index (χ4v) is 3.83. The van der Waals surface area contributed by atoms with E-state index in [9.17, 15) is 5.11 Å². The van der Waals surface area contributed by atoms with Crippen molar-refractivity contribution in [1.29, 1.82) is 0 Å². The van der Waals surface area contributed by atoms with Gasteiger partial charge in [0, 0.05) is 24.7 Å². The summed E-state index contributed by atoms with van der Waals surface area (Å²) in [7, 11) is 0. The first kappa shape index (κ1) is 13.7. The van der Waals surface area contributed by atoms with E-state index in [1.165, 1.54) is 0 Å². The summed E-state index contributed by atoms with van der Waals surface area (Å²) in [6.45, 7) is 3.38. The Morgan fingerprint density at radius 1 is 1.41 bits per heavy atom. The molecule has 2 atom stereocenters. The molecular weight excluding hydrogens is 298 g/mol. The number of hydrogen-bond donors (Lipinski definition) is 2. The van der Waals surface area contributed by atoms with Crippen molar-refractivity contribution < 1.29 is 5.11 Å². The average Bonchev–Trinajstić information content (AvgIpc) is 3.20. The predicted octanol–water partition coefficient (Wildman–Crippen LogP) is 1.76. The SMILES string of the molecule is Cc1cc(C[C@@H]2CN(c3ncnc4sccc34)C[C@@H]2O)n[nH]1. The van der Waals surface area contributed by atoms with Crippen LogP contribution in [0.1, 0.15) is 11.4 Å². The molecule has 0 amide bonds. The smallest absolute Gasteiger partial charge is 0.140 e. The Bertz CT molecular complexity index is 798. The van der Waals surface area contributed by atoms with Crippen LogP contribution in [0.15, 0.2) is 23.8 Å². The summed E-state index contributed by atoms with van der Waals surface area (Å²) in [5, 5.41) is 20.7. The van der Waals surface area contributed by atoms with Crippen LogP contribution in [0.25, 0.3) is 10.2 Å². The number of fused-ring (bicyclic) bond motifs is 1. The van der Waals surface area contributed by atoms with Gasteiger partial charge in [-0.2, -0.15) is 5.10 Å². The Hall–Kier alpha value is -1.99. The summed E-state index contributed by atoms with van der Waals surface area (Å²) in [6.07, 6.45) is 2.02. The van der Waals surface area contributed by atoms with Gasteiger partial charge in [-0.25, -0.2) is 9.97 Å².